The fraction of sp³-hybridized carbons (Fsp3) is 0.278. The molecule has 5 rings (SSSR count). The van der Waals surface area contributed by atoms with Gasteiger partial charge in [0, 0.05) is 31.2 Å². The number of hydrogen-bond acceptors (Lipinski definition) is 7. The van der Waals surface area contributed by atoms with E-state index in [9.17, 15) is 0 Å². The van der Waals surface area contributed by atoms with Gasteiger partial charge in [0.1, 0.15) is 0 Å². The molecule has 0 radical (unpaired) electrons. The summed E-state index contributed by atoms with van der Waals surface area (Å²) in [6, 6.07) is 5.93. The lowest BCUT2D eigenvalue weighted by atomic mass is 10.2. The Morgan fingerprint density at radius 2 is 2.12 bits per heavy atom. The molecule has 0 spiro atoms. The molecule has 7 nitrogen and oxygen atoms in total. The van der Waals surface area contributed by atoms with Crippen LogP contribution < -0.4 is 14.4 Å². The second-order valence-electron chi connectivity index (χ2n) is 6.13. The van der Waals surface area contributed by atoms with Crippen molar-refractivity contribution in [1.29, 1.82) is 0 Å². The molecule has 0 aliphatic carbocycles. The van der Waals surface area contributed by atoms with Gasteiger partial charge in [-0.1, -0.05) is 0 Å². The number of aromatic amines is 1. The largest absolute Gasteiger partial charge is 0.454 e. The normalized spacial score (nSPS) is 15.0. The summed E-state index contributed by atoms with van der Waals surface area (Å²) in [4.78, 5) is 20.2. The Morgan fingerprint density at radius 3 is 3.00 bits per heavy atom. The van der Waals surface area contributed by atoms with Crippen LogP contribution in [0.15, 0.2) is 35.5 Å². The van der Waals surface area contributed by atoms with E-state index < -0.39 is 0 Å². The van der Waals surface area contributed by atoms with E-state index in [1.165, 1.54) is 0 Å². The van der Waals surface area contributed by atoms with Gasteiger partial charge in [0.2, 0.25) is 6.79 Å². The van der Waals surface area contributed by atoms with Crippen molar-refractivity contribution in [1.82, 2.24) is 19.9 Å². The summed E-state index contributed by atoms with van der Waals surface area (Å²) in [5.74, 6) is 4.82. The molecule has 0 atom stereocenters. The number of nitrogens with zero attached hydrogens (tertiary/aromatic N) is 4. The maximum absolute atomic E-state index is 5.52. The maximum atomic E-state index is 5.52. The van der Waals surface area contributed by atoms with Crippen LogP contribution in [0.1, 0.15) is 12.1 Å². The first-order valence-electron chi connectivity index (χ1n) is 8.46. The van der Waals surface area contributed by atoms with Crippen molar-refractivity contribution in [3.63, 3.8) is 0 Å². The highest BCUT2D eigenvalue weighted by Crippen LogP contribution is 2.41. The number of aryl methyl sites for hydroxylation is 1. The minimum atomic E-state index is 0.268. The van der Waals surface area contributed by atoms with Crippen molar-refractivity contribution in [2.75, 3.05) is 24.5 Å². The molecule has 0 bridgehead atoms. The summed E-state index contributed by atoms with van der Waals surface area (Å²) in [5, 5.41) is 0. The Morgan fingerprint density at radius 1 is 1.19 bits per heavy atom. The van der Waals surface area contributed by atoms with E-state index >= 15 is 0 Å². The highest BCUT2D eigenvalue weighted by molar-refractivity contribution is 7.99. The summed E-state index contributed by atoms with van der Waals surface area (Å²) >= 11 is 1.82. The topological polar surface area (TPSA) is 76.2 Å². The second kappa shape index (κ2) is 6.21. The molecule has 0 fully saturated rings. The number of ether oxygens (including phenoxy) is 2. The summed E-state index contributed by atoms with van der Waals surface area (Å²) < 4.78 is 10.9. The van der Waals surface area contributed by atoms with Crippen molar-refractivity contribution < 1.29 is 9.47 Å². The monoisotopic (exact) mass is 367 g/mol. The number of thioether (sulfide) groups is 1. The Bertz CT molecular complexity index is 960. The molecular weight excluding hydrogens is 350 g/mol. The van der Waals surface area contributed by atoms with E-state index in [-0.39, 0.29) is 6.79 Å². The van der Waals surface area contributed by atoms with Crippen LogP contribution in [0.2, 0.25) is 0 Å². The van der Waals surface area contributed by atoms with Crippen LogP contribution in [0.3, 0.4) is 0 Å². The average Bonchev–Trinajstić information content (AvgIpc) is 3.37. The summed E-state index contributed by atoms with van der Waals surface area (Å²) in [6.45, 7) is 0.268. The van der Waals surface area contributed by atoms with Crippen molar-refractivity contribution in [2.24, 2.45) is 0 Å². The number of anilines is 2. The van der Waals surface area contributed by atoms with E-state index in [2.05, 4.69) is 14.9 Å². The van der Waals surface area contributed by atoms with Gasteiger partial charge in [0.15, 0.2) is 29.0 Å². The lowest BCUT2D eigenvalue weighted by Crippen LogP contribution is -2.17. The highest BCUT2D eigenvalue weighted by Gasteiger charge is 2.24. The first kappa shape index (κ1) is 15.5. The van der Waals surface area contributed by atoms with Gasteiger partial charge in [0.05, 0.1) is 10.6 Å². The van der Waals surface area contributed by atoms with Gasteiger partial charge < -0.3 is 19.4 Å². The van der Waals surface area contributed by atoms with Crippen LogP contribution in [0.25, 0.3) is 11.6 Å². The number of fused-ring (bicyclic) bond motifs is 2. The zero-order valence-electron chi connectivity index (χ0n) is 14.2. The number of hydrogen-bond donors (Lipinski definition) is 1. The van der Waals surface area contributed by atoms with Gasteiger partial charge in [-0.2, -0.15) is 0 Å². The average molecular weight is 367 g/mol. The third kappa shape index (κ3) is 2.57. The van der Waals surface area contributed by atoms with Crippen LogP contribution in [0.5, 0.6) is 11.5 Å². The molecule has 0 saturated heterocycles. The summed E-state index contributed by atoms with van der Waals surface area (Å²) in [5.41, 5.74) is 2.08. The Labute approximate surface area is 154 Å². The van der Waals surface area contributed by atoms with Gasteiger partial charge in [-0.25, -0.2) is 15.0 Å². The summed E-state index contributed by atoms with van der Waals surface area (Å²) in [7, 11) is 2.02. The SMILES string of the molecule is CN(c1ccc2c(c1)OCO2)c1nc(-c2ncc[nH]2)nc2c1SCCC2. The van der Waals surface area contributed by atoms with Crippen LogP contribution in [0, 0.1) is 0 Å². The standard InChI is InChI=1S/C18H17N5O2S/c1-23(11-4-5-13-14(9-11)25-10-24-13)18-15-12(3-2-8-26-15)21-17(22-18)16-19-6-7-20-16/h4-7,9H,2-3,8,10H2,1H3,(H,19,20). The number of H-pyrrole nitrogens is 1. The fourth-order valence-corrected chi connectivity index (χ4v) is 4.27. The van der Waals surface area contributed by atoms with E-state index in [0.29, 0.717) is 11.6 Å². The van der Waals surface area contributed by atoms with Crippen LogP contribution in [-0.2, 0) is 6.42 Å². The number of rotatable bonds is 3. The van der Waals surface area contributed by atoms with Crippen LogP contribution in [-0.4, -0.2) is 39.5 Å². The molecular formula is C18H17N5O2S. The molecule has 0 amide bonds. The van der Waals surface area contributed by atoms with Gasteiger partial charge in [-0.3, -0.25) is 0 Å². The first-order chi connectivity index (χ1) is 12.8. The third-order valence-electron chi connectivity index (χ3n) is 4.49. The van der Waals surface area contributed by atoms with Gasteiger partial charge >= 0.3 is 0 Å². The van der Waals surface area contributed by atoms with E-state index in [1.807, 2.05) is 37.0 Å². The molecule has 0 saturated carbocycles. The van der Waals surface area contributed by atoms with Crippen LogP contribution in [0.4, 0.5) is 11.5 Å². The molecule has 1 N–H and O–H groups in total. The minimum absolute atomic E-state index is 0.268. The van der Waals surface area contributed by atoms with Crippen LogP contribution >= 0.6 is 11.8 Å². The van der Waals surface area contributed by atoms with Gasteiger partial charge in [-0.15, -0.1) is 11.8 Å². The van der Waals surface area contributed by atoms with E-state index in [4.69, 9.17) is 19.4 Å². The zero-order valence-corrected chi connectivity index (χ0v) is 15.0. The van der Waals surface area contributed by atoms with E-state index in [0.717, 1.165) is 52.2 Å². The molecule has 2 aliphatic heterocycles. The van der Waals surface area contributed by atoms with E-state index in [1.54, 1.807) is 12.4 Å². The lowest BCUT2D eigenvalue weighted by Gasteiger charge is -2.25. The molecule has 132 valence electrons. The second-order valence-corrected chi connectivity index (χ2v) is 7.24. The maximum Gasteiger partial charge on any atom is 0.231 e. The molecule has 4 heterocycles. The van der Waals surface area contributed by atoms with Crippen molar-refractivity contribution >= 4 is 23.3 Å². The molecule has 1 aromatic carbocycles. The third-order valence-corrected chi connectivity index (χ3v) is 5.69. The number of nitrogens with one attached hydrogen (secondary N) is 1. The Balaban J connectivity index is 1.61. The molecule has 2 aliphatic rings. The Hall–Kier alpha value is -2.74. The van der Waals surface area contributed by atoms with Gasteiger partial charge in [0.25, 0.3) is 0 Å². The Kier molecular flexibility index (Phi) is 3.70. The predicted molar refractivity (Wildman–Crippen MR) is 99.3 cm³/mol. The van der Waals surface area contributed by atoms with Crippen molar-refractivity contribution in [3.8, 4) is 23.1 Å². The molecule has 0 unspecified atom stereocenters. The molecule has 3 aromatic rings. The number of aromatic nitrogens is 4. The van der Waals surface area contributed by atoms with Crippen molar-refractivity contribution in [2.45, 2.75) is 17.7 Å². The molecule has 8 heteroatoms. The quantitative estimate of drug-likeness (QED) is 0.760. The number of benzene rings is 1. The summed E-state index contributed by atoms with van der Waals surface area (Å²) in [6.07, 6.45) is 5.59. The first-order valence-corrected chi connectivity index (χ1v) is 9.45. The molecule has 26 heavy (non-hydrogen) atoms. The predicted octanol–water partition coefficient (Wildman–Crippen LogP) is 3.40. The highest BCUT2D eigenvalue weighted by atomic mass is 32.2. The van der Waals surface area contributed by atoms with Crippen molar-refractivity contribution in [3.05, 3.63) is 36.3 Å². The minimum Gasteiger partial charge on any atom is -0.454 e. The zero-order chi connectivity index (χ0) is 17.5. The number of imidazole rings is 1. The fourth-order valence-electron chi connectivity index (χ4n) is 3.15. The smallest absolute Gasteiger partial charge is 0.231 e. The lowest BCUT2D eigenvalue weighted by molar-refractivity contribution is 0.174. The van der Waals surface area contributed by atoms with Gasteiger partial charge in [-0.05, 0) is 30.7 Å². The molecule has 2 aromatic heterocycles.